The van der Waals surface area contributed by atoms with Crippen LogP contribution in [-0.2, 0) is 129 Å². The van der Waals surface area contributed by atoms with Crippen LogP contribution in [-0.4, -0.2) is 178 Å². The second-order valence-electron chi connectivity index (χ2n) is 14.9. The SMILES string of the molecule is CC(=O)OCC1OC(OC(C)=O)C(O[C@H]2OC(COC(C)=O)[C@@H](OC(C)=O)[C@H](O[C@H]3OC(COC(C)=O)[C@@H](OC(C)=O)[C@H](OC(C)=O)C3OC(C)=O)C2OC(C)=O)[C@@H](OC(C)=O)[C@@H]1OC(C)=O. The van der Waals surface area contributed by atoms with Crippen LogP contribution in [0.3, 0.4) is 0 Å². The largest absolute Gasteiger partial charge is 0.463 e. The number of esters is 11. The summed E-state index contributed by atoms with van der Waals surface area (Å²) >= 11 is 0. The first-order chi connectivity index (χ1) is 31.3. The fourth-order valence-electron chi connectivity index (χ4n) is 7.01. The zero-order chi connectivity index (χ0) is 50.4. The molecule has 0 spiro atoms. The zero-order valence-corrected chi connectivity index (χ0v) is 38.3. The van der Waals surface area contributed by atoms with E-state index >= 15 is 0 Å². The maximum absolute atomic E-state index is 13.0. The molecular formula is C40H54O27. The molecule has 0 amide bonds. The minimum absolute atomic E-state index is 0.661. The summed E-state index contributed by atoms with van der Waals surface area (Å²) in [6, 6.07) is 0. The molecule has 67 heavy (non-hydrogen) atoms. The Morgan fingerprint density at radius 3 is 0.821 bits per heavy atom. The molecule has 0 radical (unpaired) electrons. The van der Waals surface area contributed by atoms with E-state index in [4.69, 9.17) is 75.8 Å². The van der Waals surface area contributed by atoms with Crippen molar-refractivity contribution in [3.63, 3.8) is 0 Å². The van der Waals surface area contributed by atoms with Crippen LogP contribution in [0.25, 0.3) is 0 Å². The van der Waals surface area contributed by atoms with Gasteiger partial charge in [0, 0.05) is 76.2 Å². The van der Waals surface area contributed by atoms with E-state index in [2.05, 4.69) is 0 Å². The van der Waals surface area contributed by atoms with Crippen LogP contribution in [0.4, 0.5) is 0 Å². The minimum atomic E-state index is -2.13. The van der Waals surface area contributed by atoms with Gasteiger partial charge in [0.15, 0.2) is 61.4 Å². The van der Waals surface area contributed by atoms with Gasteiger partial charge in [0.1, 0.15) is 44.2 Å². The van der Waals surface area contributed by atoms with Crippen LogP contribution in [0.15, 0.2) is 0 Å². The summed E-state index contributed by atoms with van der Waals surface area (Å²) in [6.45, 7) is 8.56. The first-order valence-electron chi connectivity index (χ1n) is 20.3. The Morgan fingerprint density at radius 1 is 0.269 bits per heavy atom. The molecule has 3 aliphatic heterocycles. The fourth-order valence-corrected chi connectivity index (χ4v) is 7.01. The molecule has 0 aromatic carbocycles. The van der Waals surface area contributed by atoms with E-state index in [0.29, 0.717) is 0 Å². The lowest BCUT2D eigenvalue weighted by Crippen LogP contribution is -2.69. The van der Waals surface area contributed by atoms with Crippen LogP contribution in [0, 0.1) is 0 Å². The predicted octanol–water partition coefficient (Wildman–Crippen LogP) is -1.29. The van der Waals surface area contributed by atoms with Gasteiger partial charge in [0.25, 0.3) is 0 Å². The number of rotatable bonds is 18. The summed E-state index contributed by atoms with van der Waals surface area (Å²) in [5.74, 6) is -10.7. The van der Waals surface area contributed by atoms with Gasteiger partial charge in [-0.25, -0.2) is 0 Å². The number of hydrogen-bond acceptors (Lipinski definition) is 27. The number of carbonyl (C=O) groups excluding carboxylic acids is 11. The molecule has 0 saturated carbocycles. The van der Waals surface area contributed by atoms with Crippen molar-refractivity contribution in [1.29, 1.82) is 0 Å². The van der Waals surface area contributed by atoms with Crippen molar-refractivity contribution in [3.8, 4) is 0 Å². The smallest absolute Gasteiger partial charge is 0.305 e. The standard InChI is InChI=1S/C40H54O27/c1-15(41)52-12-26-30(56-19(5)45)33(59-22(8)48)37(38(63-26)62-25(11)51)67-40-36(61-24(10)50)34(31(57-20(6)46)28(65-40)14-54-17(3)43)66-39-35(60-23(9)49)32(58-21(7)47)29(55-18(4)44)27(64-39)13-53-16(2)42/h26-40H,12-14H2,1-11H3/t26?,27?,28?,29-,30-,31-,32+,33+,34+,35?,36?,37?,38?,39-,40-/m1/s1. The monoisotopic (exact) mass is 966 g/mol. The molecule has 15 atom stereocenters. The molecule has 0 N–H and O–H groups in total. The summed E-state index contributed by atoms with van der Waals surface area (Å²) in [7, 11) is 0. The van der Waals surface area contributed by atoms with Gasteiger partial charge in [0.2, 0.25) is 6.29 Å². The van der Waals surface area contributed by atoms with Crippen molar-refractivity contribution in [2.24, 2.45) is 0 Å². The lowest BCUT2D eigenvalue weighted by atomic mass is 9.95. The minimum Gasteiger partial charge on any atom is -0.463 e. The molecule has 7 unspecified atom stereocenters. The first kappa shape index (κ1) is 55.3. The van der Waals surface area contributed by atoms with Gasteiger partial charge in [-0.15, -0.1) is 0 Å². The molecule has 0 aromatic heterocycles. The highest BCUT2D eigenvalue weighted by Crippen LogP contribution is 2.38. The van der Waals surface area contributed by atoms with Crippen LogP contribution in [0.1, 0.15) is 76.2 Å². The maximum atomic E-state index is 13.0. The molecular weight excluding hydrogens is 912 g/mol. The summed E-state index contributed by atoms with van der Waals surface area (Å²) in [5.41, 5.74) is 0. The third kappa shape index (κ3) is 17.0. The highest BCUT2D eigenvalue weighted by molar-refractivity contribution is 5.70. The Balaban J connectivity index is 2.36. The summed E-state index contributed by atoms with van der Waals surface area (Å²) in [6.07, 6.45) is -27.8. The second-order valence-corrected chi connectivity index (χ2v) is 14.9. The molecule has 3 aliphatic rings. The van der Waals surface area contributed by atoms with Gasteiger partial charge in [-0.05, 0) is 0 Å². The van der Waals surface area contributed by atoms with E-state index in [9.17, 15) is 52.7 Å². The second kappa shape index (κ2) is 25.2. The molecule has 27 nitrogen and oxygen atoms in total. The topological polar surface area (TPSA) is 335 Å². The van der Waals surface area contributed by atoms with Crippen molar-refractivity contribution in [2.75, 3.05) is 19.8 Å². The molecule has 3 rings (SSSR count). The van der Waals surface area contributed by atoms with Crippen molar-refractivity contribution in [1.82, 2.24) is 0 Å². The number of carbonyl (C=O) groups is 11. The zero-order valence-electron chi connectivity index (χ0n) is 38.3. The van der Waals surface area contributed by atoms with Gasteiger partial charge in [-0.1, -0.05) is 0 Å². The third-order valence-electron chi connectivity index (χ3n) is 9.11. The van der Waals surface area contributed by atoms with Crippen molar-refractivity contribution < 1.29 is 129 Å². The first-order valence-corrected chi connectivity index (χ1v) is 20.3. The fraction of sp³-hybridized carbons (Fsp3) is 0.725. The molecule has 3 saturated heterocycles. The molecule has 0 bridgehead atoms. The van der Waals surface area contributed by atoms with Crippen LogP contribution in [0.2, 0.25) is 0 Å². The molecule has 0 aliphatic carbocycles. The summed E-state index contributed by atoms with van der Waals surface area (Å²) < 4.78 is 90.6. The Hall–Kier alpha value is -6.03. The van der Waals surface area contributed by atoms with Gasteiger partial charge >= 0.3 is 65.7 Å². The Morgan fingerprint density at radius 2 is 0.507 bits per heavy atom. The Kier molecular flexibility index (Phi) is 20.8. The van der Waals surface area contributed by atoms with Crippen molar-refractivity contribution in [2.45, 2.75) is 168 Å². The maximum Gasteiger partial charge on any atom is 0.305 e. The normalized spacial score (nSPS) is 31.2. The number of hydrogen-bond donors (Lipinski definition) is 0. The molecule has 27 heteroatoms. The quantitative estimate of drug-likeness (QED) is 0.114. The van der Waals surface area contributed by atoms with Gasteiger partial charge in [-0.2, -0.15) is 0 Å². The van der Waals surface area contributed by atoms with Crippen LogP contribution >= 0.6 is 0 Å². The van der Waals surface area contributed by atoms with E-state index < -0.39 is 178 Å². The Labute approximate surface area is 382 Å². The van der Waals surface area contributed by atoms with Gasteiger partial charge in [0.05, 0.1) is 0 Å². The van der Waals surface area contributed by atoms with Crippen LogP contribution < -0.4 is 0 Å². The van der Waals surface area contributed by atoms with Crippen molar-refractivity contribution in [3.05, 3.63) is 0 Å². The summed E-state index contributed by atoms with van der Waals surface area (Å²) in [5, 5.41) is 0. The van der Waals surface area contributed by atoms with Crippen molar-refractivity contribution >= 4 is 65.7 Å². The van der Waals surface area contributed by atoms with E-state index in [-0.39, 0.29) is 0 Å². The molecule has 376 valence electrons. The average Bonchev–Trinajstić information content (AvgIpc) is 3.17. The predicted molar refractivity (Wildman–Crippen MR) is 206 cm³/mol. The number of ether oxygens (including phenoxy) is 16. The lowest BCUT2D eigenvalue weighted by Gasteiger charge is -2.50. The van der Waals surface area contributed by atoms with E-state index in [0.717, 1.165) is 76.2 Å². The average molecular weight is 967 g/mol. The highest BCUT2D eigenvalue weighted by atomic mass is 16.8. The molecule has 0 aromatic rings. The van der Waals surface area contributed by atoms with E-state index in [1.54, 1.807) is 0 Å². The van der Waals surface area contributed by atoms with E-state index in [1.165, 1.54) is 0 Å². The molecule has 3 fully saturated rings. The Bertz CT molecular complexity index is 1850. The third-order valence-corrected chi connectivity index (χ3v) is 9.11. The van der Waals surface area contributed by atoms with E-state index in [1.807, 2.05) is 0 Å². The van der Waals surface area contributed by atoms with Gasteiger partial charge in [-0.3, -0.25) is 52.7 Å². The van der Waals surface area contributed by atoms with Gasteiger partial charge < -0.3 is 75.8 Å². The summed E-state index contributed by atoms with van der Waals surface area (Å²) in [4.78, 5) is 137. The van der Waals surface area contributed by atoms with Crippen LogP contribution in [0.5, 0.6) is 0 Å². The lowest BCUT2D eigenvalue weighted by molar-refractivity contribution is -0.383. The molecule has 3 heterocycles. The highest BCUT2D eigenvalue weighted by Gasteiger charge is 2.60.